The van der Waals surface area contributed by atoms with Gasteiger partial charge in [-0.05, 0) is 19.1 Å². The minimum absolute atomic E-state index is 0.219. The molecule has 23 heavy (non-hydrogen) atoms. The summed E-state index contributed by atoms with van der Waals surface area (Å²) in [5.74, 6) is 1.48. The van der Waals surface area contributed by atoms with Crippen LogP contribution in [0.25, 0.3) is 0 Å². The summed E-state index contributed by atoms with van der Waals surface area (Å²) in [5.41, 5.74) is 0.323. The van der Waals surface area contributed by atoms with Crippen LogP contribution in [0, 0.1) is 6.92 Å². The average Bonchev–Trinajstić information content (AvgIpc) is 3.01. The highest BCUT2D eigenvalue weighted by Gasteiger charge is 2.14. The largest absolute Gasteiger partial charge is 0.378 e. The summed E-state index contributed by atoms with van der Waals surface area (Å²) in [6, 6.07) is 3.53. The fourth-order valence-electron chi connectivity index (χ4n) is 2.43. The second kappa shape index (κ2) is 7.19. The van der Waals surface area contributed by atoms with Crippen LogP contribution in [0.3, 0.4) is 0 Å². The van der Waals surface area contributed by atoms with Gasteiger partial charge in [0.15, 0.2) is 11.5 Å². The van der Waals surface area contributed by atoms with Crippen LogP contribution in [0.15, 0.2) is 24.5 Å². The van der Waals surface area contributed by atoms with Crippen LogP contribution in [0.1, 0.15) is 16.3 Å². The molecule has 1 aliphatic heterocycles. The van der Waals surface area contributed by atoms with Crippen LogP contribution < -0.4 is 10.2 Å². The lowest BCUT2D eigenvalue weighted by Gasteiger charge is -2.27. The summed E-state index contributed by atoms with van der Waals surface area (Å²) < 4.78 is 7.29. The molecule has 0 spiro atoms. The lowest BCUT2D eigenvalue weighted by atomic mass is 10.3. The van der Waals surface area contributed by atoms with Gasteiger partial charge < -0.3 is 19.5 Å². The number of aryl methyl sites for hydroxylation is 1. The molecule has 3 heterocycles. The van der Waals surface area contributed by atoms with Crippen molar-refractivity contribution in [2.45, 2.75) is 13.5 Å². The standard InChI is InChI=1S/C15H20N6O2/c1-12-16-4-6-20(12)7-5-17-15(22)13-2-3-14(19-18-13)21-8-10-23-11-9-21/h2-4,6H,5,7-11H2,1H3,(H,17,22). The zero-order valence-electron chi connectivity index (χ0n) is 13.1. The predicted octanol–water partition coefficient (Wildman–Crippen LogP) is 0.248. The summed E-state index contributed by atoms with van der Waals surface area (Å²) in [4.78, 5) is 18.3. The van der Waals surface area contributed by atoms with Gasteiger partial charge in [0.25, 0.3) is 5.91 Å². The molecule has 0 radical (unpaired) electrons. The van der Waals surface area contributed by atoms with Crippen molar-refractivity contribution >= 4 is 11.7 Å². The third-order valence-corrected chi connectivity index (χ3v) is 3.78. The van der Waals surface area contributed by atoms with Crippen molar-refractivity contribution in [3.8, 4) is 0 Å². The van der Waals surface area contributed by atoms with Crippen molar-refractivity contribution in [2.75, 3.05) is 37.7 Å². The maximum atomic E-state index is 12.1. The van der Waals surface area contributed by atoms with Gasteiger partial charge in [0, 0.05) is 38.6 Å². The van der Waals surface area contributed by atoms with E-state index >= 15 is 0 Å². The number of hydrogen-bond acceptors (Lipinski definition) is 6. The van der Waals surface area contributed by atoms with E-state index in [1.54, 1.807) is 12.3 Å². The molecule has 8 nitrogen and oxygen atoms in total. The van der Waals surface area contributed by atoms with E-state index in [-0.39, 0.29) is 5.91 Å². The molecule has 0 bridgehead atoms. The molecular weight excluding hydrogens is 296 g/mol. The SMILES string of the molecule is Cc1nccn1CCNC(=O)c1ccc(N2CCOCC2)nn1. The molecule has 3 rings (SSSR count). The highest BCUT2D eigenvalue weighted by Crippen LogP contribution is 2.11. The van der Waals surface area contributed by atoms with Crippen molar-refractivity contribution in [1.82, 2.24) is 25.1 Å². The molecule has 8 heteroatoms. The Balaban J connectivity index is 1.52. The third-order valence-electron chi connectivity index (χ3n) is 3.78. The Morgan fingerprint density at radius 1 is 1.30 bits per heavy atom. The fraction of sp³-hybridized carbons (Fsp3) is 0.467. The second-order valence-electron chi connectivity index (χ2n) is 5.30. The van der Waals surface area contributed by atoms with Gasteiger partial charge in [0.1, 0.15) is 5.82 Å². The van der Waals surface area contributed by atoms with Crippen molar-refractivity contribution in [3.05, 3.63) is 36.0 Å². The first-order valence-corrected chi connectivity index (χ1v) is 7.66. The minimum atomic E-state index is -0.219. The molecule has 2 aromatic rings. The van der Waals surface area contributed by atoms with Gasteiger partial charge in [-0.25, -0.2) is 4.98 Å². The molecule has 0 saturated carbocycles. The van der Waals surface area contributed by atoms with Crippen molar-refractivity contribution in [1.29, 1.82) is 0 Å². The van der Waals surface area contributed by atoms with E-state index in [2.05, 4.69) is 25.4 Å². The Morgan fingerprint density at radius 2 is 2.13 bits per heavy atom. The van der Waals surface area contributed by atoms with E-state index in [4.69, 9.17) is 4.74 Å². The van der Waals surface area contributed by atoms with E-state index in [9.17, 15) is 4.79 Å². The number of morpholine rings is 1. The number of carbonyl (C=O) groups excluding carboxylic acids is 1. The summed E-state index contributed by atoms with van der Waals surface area (Å²) in [6.07, 6.45) is 3.63. The zero-order valence-corrected chi connectivity index (χ0v) is 13.1. The van der Waals surface area contributed by atoms with Gasteiger partial charge in [0.05, 0.1) is 13.2 Å². The summed E-state index contributed by atoms with van der Waals surface area (Å²) in [6.45, 7) is 6.10. The first-order chi connectivity index (χ1) is 11.2. The van der Waals surface area contributed by atoms with Crippen molar-refractivity contribution in [2.24, 2.45) is 0 Å². The van der Waals surface area contributed by atoms with Crippen LogP contribution in [-0.4, -0.2) is 58.5 Å². The van der Waals surface area contributed by atoms with E-state index in [0.29, 0.717) is 32.0 Å². The Morgan fingerprint density at radius 3 is 2.78 bits per heavy atom. The first-order valence-electron chi connectivity index (χ1n) is 7.66. The van der Waals surface area contributed by atoms with Crippen LogP contribution in [-0.2, 0) is 11.3 Å². The van der Waals surface area contributed by atoms with Gasteiger partial charge in [-0.15, -0.1) is 10.2 Å². The second-order valence-corrected chi connectivity index (χ2v) is 5.30. The van der Waals surface area contributed by atoms with Crippen LogP contribution >= 0.6 is 0 Å². The van der Waals surface area contributed by atoms with Gasteiger partial charge in [0.2, 0.25) is 0 Å². The summed E-state index contributed by atoms with van der Waals surface area (Å²) in [5, 5.41) is 11.0. The van der Waals surface area contributed by atoms with Gasteiger partial charge in [-0.1, -0.05) is 0 Å². The molecule has 0 aliphatic carbocycles. The Labute approximate surface area is 134 Å². The molecule has 1 aliphatic rings. The molecule has 0 unspecified atom stereocenters. The number of rotatable bonds is 5. The minimum Gasteiger partial charge on any atom is -0.378 e. The maximum absolute atomic E-state index is 12.1. The van der Waals surface area contributed by atoms with Crippen LogP contribution in [0.4, 0.5) is 5.82 Å². The monoisotopic (exact) mass is 316 g/mol. The van der Waals surface area contributed by atoms with E-state index in [1.807, 2.05) is 23.8 Å². The van der Waals surface area contributed by atoms with Crippen molar-refractivity contribution < 1.29 is 9.53 Å². The summed E-state index contributed by atoms with van der Waals surface area (Å²) in [7, 11) is 0. The smallest absolute Gasteiger partial charge is 0.271 e. The quantitative estimate of drug-likeness (QED) is 0.851. The van der Waals surface area contributed by atoms with E-state index < -0.39 is 0 Å². The number of amides is 1. The van der Waals surface area contributed by atoms with Crippen molar-refractivity contribution in [3.63, 3.8) is 0 Å². The van der Waals surface area contributed by atoms with Gasteiger partial charge in [-0.2, -0.15) is 0 Å². The predicted molar refractivity (Wildman–Crippen MR) is 84.4 cm³/mol. The molecule has 1 fully saturated rings. The van der Waals surface area contributed by atoms with Crippen LogP contribution in [0.5, 0.6) is 0 Å². The number of hydrogen-bond donors (Lipinski definition) is 1. The molecule has 0 aromatic carbocycles. The zero-order chi connectivity index (χ0) is 16.1. The maximum Gasteiger partial charge on any atom is 0.271 e. The molecule has 2 aromatic heterocycles. The van der Waals surface area contributed by atoms with Gasteiger partial charge in [-0.3, -0.25) is 4.79 Å². The van der Waals surface area contributed by atoms with E-state index in [1.165, 1.54) is 0 Å². The number of anilines is 1. The number of ether oxygens (including phenoxy) is 1. The Kier molecular flexibility index (Phi) is 4.82. The number of nitrogens with one attached hydrogen (secondary N) is 1. The lowest BCUT2D eigenvalue weighted by Crippen LogP contribution is -2.37. The summed E-state index contributed by atoms with van der Waals surface area (Å²) >= 11 is 0. The van der Waals surface area contributed by atoms with Crippen LogP contribution in [0.2, 0.25) is 0 Å². The van der Waals surface area contributed by atoms with E-state index in [0.717, 1.165) is 24.7 Å². The normalized spacial score (nSPS) is 14.7. The fourth-order valence-corrected chi connectivity index (χ4v) is 2.43. The molecule has 122 valence electrons. The number of imidazole rings is 1. The molecular formula is C15H20N6O2. The average molecular weight is 316 g/mol. The molecule has 1 N–H and O–H groups in total. The highest BCUT2D eigenvalue weighted by atomic mass is 16.5. The number of nitrogens with zero attached hydrogens (tertiary/aromatic N) is 5. The first kappa shape index (κ1) is 15.4. The highest BCUT2D eigenvalue weighted by molar-refractivity contribution is 5.92. The van der Waals surface area contributed by atoms with Gasteiger partial charge >= 0.3 is 0 Å². The Bertz CT molecular complexity index is 648. The lowest BCUT2D eigenvalue weighted by molar-refractivity contribution is 0.0946. The molecule has 1 amide bonds. The number of aromatic nitrogens is 4. The molecule has 0 atom stereocenters. The third kappa shape index (κ3) is 3.84. The topological polar surface area (TPSA) is 85.2 Å². The Hall–Kier alpha value is -2.48. The molecule has 1 saturated heterocycles. The number of carbonyl (C=O) groups is 1.